The second kappa shape index (κ2) is 5.54. The lowest BCUT2D eigenvalue weighted by atomic mass is 9.99. The van der Waals surface area contributed by atoms with E-state index in [1.54, 1.807) is 6.92 Å². The molecule has 1 heterocycles. The number of aliphatic hydroxyl groups excluding tert-OH is 3. The van der Waals surface area contributed by atoms with Gasteiger partial charge in [-0.1, -0.05) is 15.9 Å². The summed E-state index contributed by atoms with van der Waals surface area (Å²) in [4.78, 5) is 0. The third-order valence-corrected chi connectivity index (χ3v) is 3.53. The highest BCUT2D eigenvalue weighted by atomic mass is 79.9. The highest BCUT2D eigenvalue weighted by Crippen LogP contribution is 2.23. The number of hydrogen-bond acceptors (Lipinski definition) is 5. The number of ether oxygens (including phenoxy) is 1. The molecular weight excluding hydrogens is 302 g/mol. The van der Waals surface area contributed by atoms with Crippen LogP contribution in [-0.4, -0.2) is 46.0 Å². The molecule has 0 spiro atoms. The first-order chi connectivity index (χ1) is 8.49. The van der Waals surface area contributed by atoms with Crippen LogP contribution in [0.15, 0.2) is 28.7 Å². The highest BCUT2D eigenvalue weighted by molar-refractivity contribution is 9.10. The maximum atomic E-state index is 9.83. The maximum Gasteiger partial charge on any atom is 0.157 e. The molecule has 0 aromatic heterocycles. The number of hydrogen-bond donors (Lipinski definition) is 4. The predicted octanol–water partition coefficient (Wildman–Crippen LogP) is 0.688. The number of halogens is 1. The van der Waals surface area contributed by atoms with Crippen LogP contribution in [0.4, 0.5) is 5.69 Å². The van der Waals surface area contributed by atoms with Gasteiger partial charge in [0.25, 0.3) is 0 Å². The van der Waals surface area contributed by atoms with Crippen LogP contribution in [-0.2, 0) is 4.74 Å². The maximum absolute atomic E-state index is 9.83. The van der Waals surface area contributed by atoms with Crippen molar-refractivity contribution in [3.63, 3.8) is 0 Å². The topological polar surface area (TPSA) is 82.0 Å². The zero-order valence-corrected chi connectivity index (χ0v) is 11.4. The molecule has 0 bridgehead atoms. The van der Waals surface area contributed by atoms with Crippen LogP contribution in [0, 0.1) is 0 Å². The SMILES string of the molecule is C[C@H]1O[C@H](Nc2ccc(Br)cc2)[C@@H](O)[C@@H](O)[C@H]1O. The molecule has 1 aromatic carbocycles. The third kappa shape index (κ3) is 2.84. The van der Waals surface area contributed by atoms with Crippen molar-refractivity contribution in [3.05, 3.63) is 28.7 Å². The minimum Gasteiger partial charge on any atom is -0.388 e. The molecule has 4 N–H and O–H groups in total. The number of nitrogens with one attached hydrogen (secondary N) is 1. The number of rotatable bonds is 2. The Balaban J connectivity index is 2.06. The molecule has 2 rings (SSSR count). The van der Waals surface area contributed by atoms with Crippen LogP contribution in [0.1, 0.15) is 6.92 Å². The van der Waals surface area contributed by atoms with Crippen molar-refractivity contribution in [2.45, 2.75) is 37.6 Å². The van der Waals surface area contributed by atoms with Crippen LogP contribution >= 0.6 is 15.9 Å². The van der Waals surface area contributed by atoms with Crippen molar-refractivity contribution < 1.29 is 20.1 Å². The van der Waals surface area contributed by atoms with Crippen LogP contribution in [0.3, 0.4) is 0 Å². The summed E-state index contributed by atoms with van der Waals surface area (Å²) in [5.41, 5.74) is 0.762. The van der Waals surface area contributed by atoms with E-state index in [1.807, 2.05) is 24.3 Å². The first-order valence-electron chi connectivity index (χ1n) is 5.71. The molecule has 0 amide bonds. The van der Waals surface area contributed by atoms with E-state index in [9.17, 15) is 15.3 Å². The van der Waals surface area contributed by atoms with Gasteiger partial charge in [-0.25, -0.2) is 0 Å². The Bertz CT molecular complexity index is 400. The normalized spacial score (nSPS) is 36.4. The summed E-state index contributed by atoms with van der Waals surface area (Å²) >= 11 is 3.33. The number of benzene rings is 1. The summed E-state index contributed by atoms with van der Waals surface area (Å²) in [5.74, 6) is 0. The van der Waals surface area contributed by atoms with Crippen molar-refractivity contribution in [2.75, 3.05) is 5.32 Å². The van der Waals surface area contributed by atoms with E-state index in [0.29, 0.717) is 0 Å². The van der Waals surface area contributed by atoms with Gasteiger partial charge >= 0.3 is 0 Å². The molecule has 1 fully saturated rings. The molecule has 1 saturated heterocycles. The molecule has 0 saturated carbocycles. The fourth-order valence-electron chi connectivity index (χ4n) is 1.88. The monoisotopic (exact) mass is 317 g/mol. The molecule has 6 heteroatoms. The largest absolute Gasteiger partial charge is 0.388 e. The van der Waals surface area contributed by atoms with E-state index >= 15 is 0 Å². The smallest absolute Gasteiger partial charge is 0.157 e. The van der Waals surface area contributed by atoms with Gasteiger partial charge in [0, 0.05) is 10.2 Å². The van der Waals surface area contributed by atoms with Gasteiger partial charge in [-0.2, -0.15) is 0 Å². The van der Waals surface area contributed by atoms with Crippen LogP contribution in [0.2, 0.25) is 0 Å². The van der Waals surface area contributed by atoms with E-state index in [2.05, 4.69) is 21.2 Å². The van der Waals surface area contributed by atoms with Crippen LogP contribution in [0.25, 0.3) is 0 Å². The van der Waals surface area contributed by atoms with Crippen molar-refractivity contribution in [1.29, 1.82) is 0 Å². The van der Waals surface area contributed by atoms with Gasteiger partial charge in [-0.05, 0) is 31.2 Å². The molecular formula is C12H16BrNO4. The molecule has 0 aliphatic carbocycles. The molecule has 1 aliphatic heterocycles. The van der Waals surface area contributed by atoms with Gasteiger partial charge in [-0.15, -0.1) is 0 Å². The Morgan fingerprint density at radius 1 is 1.06 bits per heavy atom. The molecule has 0 unspecified atom stereocenters. The number of aliphatic hydroxyl groups is 3. The van der Waals surface area contributed by atoms with E-state index in [0.717, 1.165) is 10.2 Å². The standard InChI is InChI=1S/C12H16BrNO4/c1-6-9(15)10(16)11(17)12(18-6)14-8-4-2-7(13)3-5-8/h2-6,9-12,14-17H,1H3/t6-,9+,10+,11+,12+/m1/s1. The number of anilines is 1. The van der Waals surface area contributed by atoms with Crippen molar-refractivity contribution in [3.8, 4) is 0 Å². The predicted molar refractivity (Wildman–Crippen MR) is 70.1 cm³/mol. The van der Waals surface area contributed by atoms with Gasteiger partial charge in [0.15, 0.2) is 6.23 Å². The Kier molecular flexibility index (Phi) is 4.24. The summed E-state index contributed by atoms with van der Waals surface area (Å²) < 4.78 is 6.38. The lowest BCUT2D eigenvalue weighted by Crippen LogP contribution is -2.58. The van der Waals surface area contributed by atoms with E-state index in [1.165, 1.54) is 0 Å². The van der Waals surface area contributed by atoms with Crippen LogP contribution in [0.5, 0.6) is 0 Å². The minimum absolute atomic E-state index is 0.545. The fraction of sp³-hybridized carbons (Fsp3) is 0.500. The zero-order valence-electron chi connectivity index (χ0n) is 9.82. The van der Waals surface area contributed by atoms with Crippen molar-refractivity contribution in [1.82, 2.24) is 0 Å². The Morgan fingerprint density at radius 2 is 1.67 bits per heavy atom. The van der Waals surface area contributed by atoms with Gasteiger partial charge < -0.3 is 25.4 Å². The van der Waals surface area contributed by atoms with Gasteiger partial charge in [0.2, 0.25) is 0 Å². The average molecular weight is 318 g/mol. The van der Waals surface area contributed by atoms with E-state index < -0.39 is 30.6 Å². The van der Waals surface area contributed by atoms with Gasteiger partial charge in [0.1, 0.15) is 18.3 Å². The fourth-order valence-corrected chi connectivity index (χ4v) is 2.15. The second-order valence-corrected chi connectivity index (χ2v) is 5.30. The molecule has 1 aromatic rings. The van der Waals surface area contributed by atoms with Crippen molar-refractivity contribution in [2.24, 2.45) is 0 Å². The highest BCUT2D eigenvalue weighted by Gasteiger charge is 2.41. The average Bonchev–Trinajstić information content (AvgIpc) is 2.36. The minimum atomic E-state index is -1.22. The van der Waals surface area contributed by atoms with Crippen LogP contribution < -0.4 is 5.32 Å². The van der Waals surface area contributed by atoms with Gasteiger partial charge in [-0.3, -0.25) is 0 Å². The van der Waals surface area contributed by atoms with E-state index in [4.69, 9.17) is 4.74 Å². The van der Waals surface area contributed by atoms with E-state index in [-0.39, 0.29) is 0 Å². The quantitative estimate of drug-likeness (QED) is 0.645. The van der Waals surface area contributed by atoms with Gasteiger partial charge in [0.05, 0.1) is 6.10 Å². The Hall–Kier alpha value is -0.660. The first kappa shape index (κ1) is 13.8. The summed E-state index contributed by atoms with van der Waals surface area (Å²) in [6.45, 7) is 1.65. The lowest BCUT2D eigenvalue weighted by Gasteiger charge is -2.39. The third-order valence-electron chi connectivity index (χ3n) is 3.01. The molecule has 0 radical (unpaired) electrons. The zero-order chi connectivity index (χ0) is 13.3. The molecule has 5 atom stereocenters. The summed E-state index contributed by atoms with van der Waals surface area (Å²) in [6, 6.07) is 7.35. The summed E-state index contributed by atoms with van der Waals surface area (Å²) in [6.07, 6.45) is -4.78. The molecule has 5 nitrogen and oxygen atoms in total. The first-order valence-corrected chi connectivity index (χ1v) is 6.50. The molecule has 18 heavy (non-hydrogen) atoms. The summed E-state index contributed by atoms with van der Waals surface area (Å²) in [5, 5.41) is 32.1. The molecule has 100 valence electrons. The lowest BCUT2D eigenvalue weighted by molar-refractivity contribution is -0.209. The summed E-state index contributed by atoms with van der Waals surface area (Å²) in [7, 11) is 0. The Labute approximate surface area is 114 Å². The Morgan fingerprint density at radius 3 is 2.28 bits per heavy atom. The second-order valence-electron chi connectivity index (χ2n) is 4.38. The molecule has 1 aliphatic rings. The van der Waals surface area contributed by atoms with Crippen molar-refractivity contribution >= 4 is 21.6 Å².